The number of halogens is 4. The lowest BCUT2D eigenvalue weighted by Crippen LogP contribution is -2.29. The lowest BCUT2D eigenvalue weighted by Gasteiger charge is -2.30. The van der Waals surface area contributed by atoms with Crippen molar-refractivity contribution in [3.05, 3.63) is 51.2 Å². The van der Waals surface area contributed by atoms with Gasteiger partial charge in [0.2, 0.25) is 0 Å². The first-order valence-electron chi connectivity index (χ1n) is 6.55. The lowest BCUT2D eigenvalue weighted by molar-refractivity contribution is -0.138. The van der Waals surface area contributed by atoms with E-state index in [1.54, 1.807) is 23.5 Å². The number of alkyl halides is 4. The van der Waals surface area contributed by atoms with E-state index < -0.39 is 11.7 Å². The van der Waals surface area contributed by atoms with E-state index in [9.17, 15) is 13.2 Å². The fourth-order valence-electron chi connectivity index (χ4n) is 2.61. The van der Waals surface area contributed by atoms with Gasteiger partial charge >= 0.3 is 6.18 Å². The predicted octanol–water partition coefficient (Wildman–Crippen LogP) is 5.22. The summed E-state index contributed by atoms with van der Waals surface area (Å²) in [6.45, 7) is 1.45. The molecule has 0 saturated heterocycles. The van der Waals surface area contributed by atoms with Gasteiger partial charge in [-0.05, 0) is 41.1 Å². The van der Waals surface area contributed by atoms with Crippen molar-refractivity contribution in [1.29, 1.82) is 0 Å². The Hall–Kier alpha value is -1.01. The van der Waals surface area contributed by atoms with Crippen LogP contribution in [0.25, 0.3) is 0 Å². The van der Waals surface area contributed by atoms with Gasteiger partial charge in [-0.25, -0.2) is 0 Å². The largest absolute Gasteiger partial charge is 0.416 e. The number of fused-ring (bicyclic) bond motifs is 1. The van der Waals surface area contributed by atoms with Gasteiger partial charge in [0.25, 0.3) is 0 Å². The number of nitrogens with zero attached hydrogens (tertiary/aromatic N) is 1. The smallest absolute Gasteiger partial charge is 0.367 e. The van der Waals surface area contributed by atoms with Crippen molar-refractivity contribution in [1.82, 2.24) is 0 Å². The molecule has 3 rings (SSSR count). The topological polar surface area (TPSA) is 3.24 Å². The molecule has 0 saturated carbocycles. The first-order valence-corrected chi connectivity index (χ1v) is 8.55. The van der Waals surface area contributed by atoms with Crippen LogP contribution >= 0.6 is 27.3 Å². The van der Waals surface area contributed by atoms with Crippen molar-refractivity contribution in [2.24, 2.45) is 0 Å². The Morgan fingerprint density at radius 3 is 2.76 bits per heavy atom. The summed E-state index contributed by atoms with van der Waals surface area (Å²) in [5, 5.41) is 2.25. The molecule has 1 aliphatic rings. The summed E-state index contributed by atoms with van der Waals surface area (Å²) in [5.41, 5.74) is 1.60. The first kappa shape index (κ1) is 14.9. The molecule has 1 aromatic carbocycles. The van der Waals surface area contributed by atoms with Crippen molar-refractivity contribution in [2.45, 2.75) is 24.5 Å². The number of hydrogen-bond acceptors (Lipinski definition) is 2. The third-order valence-corrected chi connectivity index (χ3v) is 5.34. The van der Waals surface area contributed by atoms with Crippen LogP contribution in [-0.4, -0.2) is 6.54 Å². The summed E-state index contributed by atoms with van der Waals surface area (Å²) in [6.07, 6.45) is -3.42. The highest BCUT2D eigenvalue weighted by molar-refractivity contribution is 9.08. The van der Waals surface area contributed by atoms with Gasteiger partial charge in [-0.1, -0.05) is 22.0 Å². The second-order valence-electron chi connectivity index (χ2n) is 5.01. The van der Waals surface area contributed by atoms with E-state index in [0.717, 1.165) is 13.0 Å². The van der Waals surface area contributed by atoms with E-state index in [4.69, 9.17) is 0 Å². The molecule has 0 spiro atoms. The maximum atomic E-state index is 13.1. The predicted molar refractivity (Wildman–Crippen MR) is 83.1 cm³/mol. The third-order valence-electron chi connectivity index (χ3n) is 3.72. The lowest BCUT2D eigenvalue weighted by atomic mass is 10.0. The summed E-state index contributed by atoms with van der Waals surface area (Å²) < 4.78 is 39.4. The maximum absolute atomic E-state index is 13.1. The standard InChI is InChI=1S/C15H13BrF3NS/c16-8-10-1-2-12(7-13(10)15(17,18)19)20-5-3-14-11(9-20)4-6-21-14/h1-2,4,6-7H,3,5,8-9H2. The Balaban J connectivity index is 1.93. The second kappa shape index (κ2) is 5.65. The molecule has 0 atom stereocenters. The Labute approximate surface area is 133 Å². The van der Waals surface area contributed by atoms with Crippen LogP contribution in [-0.2, 0) is 24.5 Å². The average molecular weight is 376 g/mol. The highest BCUT2D eigenvalue weighted by atomic mass is 79.9. The van der Waals surface area contributed by atoms with Crippen LogP contribution in [0.4, 0.5) is 18.9 Å². The second-order valence-corrected chi connectivity index (χ2v) is 6.57. The minimum Gasteiger partial charge on any atom is -0.367 e. The van der Waals surface area contributed by atoms with Gasteiger partial charge in [0.1, 0.15) is 0 Å². The molecule has 0 N–H and O–H groups in total. The zero-order valence-electron chi connectivity index (χ0n) is 11.1. The van der Waals surface area contributed by atoms with Gasteiger partial charge in [0.05, 0.1) is 5.56 Å². The number of thiophene rings is 1. The molecular weight excluding hydrogens is 363 g/mol. The van der Waals surface area contributed by atoms with E-state index in [-0.39, 0.29) is 10.9 Å². The first-order chi connectivity index (χ1) is 9.99. The molecule has 2 heterocycles. The highest BCUT2D eigenvalue weighted by Crippen LogP contribution is 2.36. The molecule has 0 bridgehead atoms. The number of rotatable bonds is 2. The number of hydrogen-bond donors (Lipinski definition) is 0. The van der Waals surface area contributed by atoms with Crippen LogP contribution in [0.3, 0.4) is 0 Å². The number of benzene rings is 1. The minimum absolute atomic E-state index is 0.205. The van der Waals surface area contributed by atoms with E-state index in [1.165, 1.54) is 16.5 Å². The fourth-order valence-corrected chi connectivity index (χ4v) is 3.99. The summed E-state index contributed by atoms with van der Waals surface area (Å²) in [4.78, 5) is 3.36. The van der Waals surface area contributed by atoms with Gasteiger partial charge in [-0.15, -0.1) is 11.3 Å². The summed E-state index contributed by atoms with van der Waals surface area (Å²) >= 11 is 4.85. The Bertz CT molecular complexity index is 651. The van der Waals surface area contributed by atoms with Crippen LogP contribution in [0, 0.1) is 0 Å². The normalized spacial score (nSPS) is 15.1. The van der Waals surface area contributed by atoms with Crippen molar-refractivity contribution in [3.8, 4) is 0 Å². The van der Waals surface area contributed by atoms with Crippen LogP contribution in [0.5, 0.6) is 0 Å². The zero-order valence-corrected chi connectivity index (χ0v) is 13.5. The molecule has 1 aromatic heterocycles. The van der Waals surface area contributed by atoms with Crippen molar-refractivity contribution >= 4 is 33.0 Å². The van der Waals surface area contributed by atoms with Crippen LogP contribution in [0.2, 0.25) is 0 Å². The summed E-state index contributed by atoms with van der Waals surface area (Å²) in [5.74, 6) is 0. The van der Waals surface area contributed by atoms with E-state index in [0.29, 0.717) is 12.2 Å². The minimum atomic E-state index is -4.32. The molecule has 1 aliphatic heterocycles. The summed E-state index contributed by atoms with van der Waals surface area (Å²) in [7, 11) is 0. The van der Waals surface area contributed by atoms with E-state index >= 15 is 0 Å². The van der Waals surface area contributed by atoms with Crippen LogP contribution in [0.1, 0.15) is 21.6 Å². The maximum Gasteiger partial charge on any atom is 0.416 e. The molecule has 0 radical (unpaired) electrons. The van der Waals surface area contributed by atoms with Gasteiger partial charge in [0, 0.05) is 29.0 Å². The van der Waals surface area contributed by atoms with Gasteiger partial charge in [-0.3, -0.25) is 0 Å². The molecule has 0 fully saturated rings. The zero-order chi connectivity index (χ0) is 15.0. The molecule has 2 aromatic rings. The fraction of sp³-hybridized carbons (Fsp3) is 0.333. The summed E-state index contributed by atoms with van der Waals surface area (Å²) in [6, 6.07) is 6.68. The van der Waals surface area contributed by atoms with E-state index in [2.05, 4.69) is 22.0 Å². The van der Waals surface area contributed by atoms with Crippen molar-refractivity contribution < 1.29 is 13.2 Å². The molecule has 0 amide bonds. The molecule has 1 nitrogen and oxygen atoms in total. The van der Waals surface area contributed by atoms with Gasteiger partial charge < -0.3 is 4.90 Å². The average Bonchev–Trinajstić information content (AvgIpc) is 2.93. The molecule has 0 unspecified atom stereocenters. The van der Waals surface area contributed by atoms with Crippen LogP contribution in [0.15, 0.2) is 29.6 Å². The third kappa shape index (κ3) is 2.97. The van der Waals surface area contributed by atoms with Gasteiger partial charge in [-0.2, -0.15) is 13.2 Å². The molecular formula is C15H13BrF3NS. The Morgan fingerprint density at radius 2 is 2.05 bits per heavy atom. The molecule has 0 aliphatic carbocycles. The van der Waals surface area contributed by atoms with Crippen molar-refractivity contribution in [3.63, 3.8) is 0 Å². The number of anilines is 1. The van der Waals surface area contributed by atoms with Crippen LogP contribution < -0.4 is 4.90 Å². The van der Waals surface area contributed by atoms with E-state index in [1.807, 2.05) is 10.3 Å². The molecule has 6 heteroatoms. The molecule has 21 heavy (non-hydrogen) atoms. The quantitative estimate of drug-likeness (QED) is 0.650. The Kier molecular flexibility index (Phi) is 4.01. The highest BCUT2D eigenvalue weighted by Gasteiger charge is 2.33. The monoisotopic (exact) mass is 375 g/mol. The Morgan fingerprint density at radius 1 is 1.24 bits per heavy atom. The molecule has 112 valence electrons. The van der Waals surface area contributed by atoms with Crippen molar-refractivity contribution in [2.75, 3.05) is 11.4 Å². The SMILES string of the molecule is FC(F)(F)c1cc(N2CCc3sccc3C2)ccc1CBr. The van der Waals surface area contributed by atoms with Gasteiger partial charge in [0.15, 0.2) is 0 Å².